The molecule has 86 valence electrons. The molecule has 0 spiro atoms. The number of rotatable bonds is 5. The Morgan fingerprint density at radius 3 is 2.07 bits per heavy atom. The first kappa shape index (κ1) is 13.9. The molecule has 3 heteroatoms. The molecule has 0 aromatic rings. The third-order valence-electron chi connectivity index (χ3n) is 1.92. The van der Waals surface area contributed by atoms with E-state index < -0.39 is 5.54 Å². The van der Waals surface area contributed by atoms with Gasteiger partial charge < -0.3 is 15.6 Å². The first-order chi connectivity index (χ1) is 6.18. The van der Waals surface area contributed by atoms with Crippen LogP contribution in [0.4, 0.5) is 0 Å². The minimum absolute atomic E-state index is 0.0265. The highest BCUT2D eigenvalue weighted by Gasteiger charge is 2.27. The second-order valence-electron chi connectivity index (χ2n) is 5.52. The summed E-state index contributed by atoms with van der Waals surface area (Å²) in [6, 6.07) is 0. The molecule has 1 atom stereocenters. The van der Waals surface area contributed by atoms with Crippen molar-refractivity contribution in [3.63, 3.8) is 0 Å². The van der Waals surface area contributed by atoms with Gasteiger partial charge in [-0.25, -0.2) is 0 Å². The van der Waals surface area contributed by atoms with Crippen LogP contribution in [0.5, 0.6) is 0 Å². The molecule has 1 unspecified atom stereocenters. The molecule has 0 rings (SSSR count). The zero-order valence-electron chi connectivity index (χ0n) is 10.1. The summed E-state index contributed by atoms with van der Waals surface area (Å²) in [5.74, 6) is 0.468. The second-order valence-corrected chi connectivity index (χ2v) is 5.52. The van der Waals surface area contributed by atoms with E-state index in [1.165, 1.54) is 0 Å². The first-order valence-corrected chi connectivity index (χ1v) is 5.22. The molecule has 0 aromatic carbocycles. The van der Waals surface area contributed by atoms with E-state index in [-0.39, 0.29) is 12.2 Å². The van der Waals surface area contributed by atoms with Crippen LogP contribution in [-0.2, 0) is 4.74 Å². The highest BCUT2D eigenvalue weighted by molar-refractivity contribution is 4.85. The van der Waals surface area contributed by atoms with Crippen LogP contribution in [0.1, 0.15) is 41.0 Å². The van der Waals surface area contributed by atoms with E-state index in [2.05, 4.69) is 13.8 Å². The Labute approximate surface area is 87.6 Å². The predicted octanol–water partition coefficient (Wildman–Crippen LogP) is 1.54. The third kappa shape index (κ3) is 6.35. The maximum absolute atomic E-state index is 9.23. The summed E-state index contributed by atoms with van der Waals surface area (Å²) in [6.45, 7) is 10.5. The third-order valence-corrected chi connectivity index (χ3v) is 1.92. The minimum Gasteiger partial charge on any atom is -0.394 e. The Morgan fingerprint density at radius 2 is 1.79 bits per heavy atom. The lowest BCUT2D eigenvalue weighted by atomic mass is 9.91. The normalized spacial score (nSPS) is 17.1. The summed E-state index contributed by atoms with van der Waals surface area (Å²) in [5.41, 5.74) is 5.24. The lowest BCUT2D eigenvalue weighted by molar-refractivity contribution is -0.0440. The van der Waals surface area contributed by atoms with Crippen LogP contribution in [-0.4, -0.2) is 29.5 Å². The van der Waals surface area contributed by atoms with E-state index in [0.717, 1.165) is 6.42 Å². The van der Waals surface area contributed by atoms with Crippen molar-refractivity contribution >= 4 is 0 Å². The molecule has 14 heavy (non-hydrogen) atoms. The fraction of sp³-hybridized carbons (Fsp3) is 1.00. The van der Waals surface area contributed by atoms with Gasteiger partial charge in [0.05, 0.1) is 24.4 Å². The molecular weight excluding hydrogens is 178 g/mol. The number of aliphatic hydroxyl groups excluding tert-OH is 1. The average Bonchev–Trinajstić information content (AvgIpc) is 1.99. The molecule has 0 aliphatic rings. The number of hydrogen-bond donors (Lipinski definition) is 2. The molecule has 0 aliphatic carbocycles. The monoisotopic (exact) mass is 203 g/mol. The van der Waals surface area contributed by atoms with Gasteiger partial charge in [0.25, 0.3) is 0 Å². The SMILES string of the molecule is CC(C)CC(N)(CO)COC(C)(C)C. The van der Waals surface area contributed by atoms with Gasteiger partial charge in [0, 0.05) is 0 Å². The van der Waals surface area contributed by atoms with Gasteiger partial charge in [0.1, 0.15) is 0 Å². The number of hydrogen-bond acceptors (Lipinski definition) is 3. The van der Waals surface area contributed by atoms with Crippen molar-refractivity contribution < 1.29 is 9.84 Å². The van der Waals surface area contributed by atoms with Crippen LogP contribution in [0.15, 0.2) is 0 Å². The van der Waals surface area contributed by atoms with Crippen molar-refractivity contribution in [1.29, 1.82) is 0 Å². The topological polar surface area (TPSA) is 55.5 Å². The smallest absolute Gasteiger partial charge is 0.0675 e. The highest BCUT2D eigenvalue weighted by Crippen LogP contribution is 2.17. The van der Waals surface area contributed by atoms with Crippen LogP contribution >= 0.6 is 0 Å². The summed E-state index contributed by atoms with van der Waals surface area (Å²) >= 11 is 0. The van der Waals surface area contributed by atoms with E-state index in [4.69, 9.17) is 10.5 Å². The fourth-order valence-corrected chi connectivity index (χ4v) is 1.34. The van der Waals surface area contributed by atoms with Gasteiger partial charge in [-0.2, -0.15) is 0 Å². The molecule has 3 N–H and O–H groups in total. The van der Waals surface area contributed by atoms with Crippen molar-refractivity contribution in [2.24, 2.45) is 11.7 Å². The zero-order valence-corrected chi connectivity index (χ0v) is 10.1. The Morgan fingerprint density at radius 1 is 1.29 bits per heavy atom. The molecular formula is C11H25NO2. The summed E-state index contributed by atoms with van der Waals surface area (Å²) in [5, 5.41) is 9.23. The molecule has 0 amide bonds. The molecule has 0 heterocycles. The Balaban J connectivity index is 4.12. The van der Waals surface area contributed by atoms with Gasteiger partial charge in [0.15, 0.2) is 0 Å². The minimum atomic E-state index is -0.596. The van der Waals surface area contributed by atoms with Crippen LogP contribution < -0.4 is 5.73 Å². The summed E-state index contributed by atoms with van der Waals surface area (Å²) in [4.78, 5) is 0. The largest absolute Gasteiger partial charge is 0.394 e. The van der Waals surface area contributed by atoms with Crippen molar-refractivity contribution in [3.8, 4) is 0 Å². The van der Waals surface area contributed by atoms with Gasteiger partial charge in [-0.05, 0) is 33.1 Å². The van der Waals surface area contributed by atoms with E-state index in [9.17, 15) is 5.11 Å². The first-order valence-electron chi connectivity index (χ1n) is 5.22. The van der Waals surface area contributed by atoms with E-state index in [1.54, 1.807) is 0 Å². The summed E-state index contributed by atoms with van der Waals surface area (Å²) in [6.07, 6.45) is 0.777. The number of aliphatic hydroxyl groups is 1. The molecule has 3 nitrogen and oxygen atoms in total. The summed E-state index contributed by atoms with van der Waals surface area (Å²) < 4.78 is 5.60. The number of nitrogens with two attached hydrogens (primary N) is 1. The van der Waals surface area contributed by atoms with Crippen molar-refractivity contribution in [2.75, 3.05) is 13.2 Å². The summed E-state index contributed by atoms with van der Waals surface area (Å²) in [7, 11) is 0. The van der Waals surface area contributed by atoms with Crippen LogP contribution in [0, 0.1) is 5.92 Å². The fourth-order valence-electron chi connectivity index (χ4n) is 1.34. The quantitative estimate of drug-likeness (QED) is 0.712. The highest BCUT2D eigenvalue weighted by atomic mass is 16.5. The van der Waals surface area contributed by atoms with Gasteiger partial charge >= 0.3 is 0 Å². The lowest BCUT2D eigenvalue weighted by Gasteiger charge is -2.32. The molecule has 0 saturated heterocycles. The maximum atomic E-state index is 9.23. The Kier molecular flexibility index (Phi) is 5.06. The van der Waals surface area contributed by atoms with Gasteiger partial charge in [-0.1, -0.05) is 13.8 Å². The lowest BCUT2D eigenvalue weighted by Crippen LogP contribution is -2.50. The van der Waals surface area contributed by atoms with E-state index in [0.29, 0.717) is 12.5 Å². The molecule has 0 saturated carbocycles. The van der Waals surface area contributed by atoms with Crippen molar-refractivity contribution in [3.05, 3.63) is 0 Å². The van der Waals surface area contributed by atoms with E-state index in [1.807, 2.05) is 20.8 Å². The molecule has 0 radical (unpaired) electrons. The van der Waals surface area contributed by atoms with Gasteiger partial charge in [-0.3, -0.25) is 0 Å². The van der Waals surface area contributed by atoms with Crippen LogP contribution in [0.2, 0.25) is 0 Å². The standard InChI is InChI=1S/C11H25NO2/c1-9(2)6-11(12,7-13)8-14-10(3,4)5/h9,13H,6-8,12H2,1-5H3. The molecule has 0 aliphatic heterocycles. The average molecular weight is 203 g/mol. The van der Waals surface area contributed by atoms with Crippen LogP contribution in [0.25, 0.3) is 0 Å². The maximum Gasteiger partial charge on any atom is 0.0675 e. The Bertz CT molecular complexity index is 163. The molecule has 0 bridgehead atoms. The molecule has 0 fully saturated rings. The Hall–Kier alpha value is -0.120. The van der Waals surface area contributed by atoms with Crippen molar-refractivity contribution in [2.45, 2.75) is 52.2 Å². The zero-order chi connectivity index (χ0) is 11.4. The van der Waals surface area contributed by atoms with Crippen molar-refractivity contribution in [1.82, 2.24) is 0 Å². The van der Waals surface area contributed by atoms with Crippen LogP contribution in [0.3, 0.4) is 0 Å². The van der Waals surface area contributed by atoms with Gasteiger partial charge in [0.2, 0.25) is 0 Å². The van der Waals surface area contributed by atoms with Gasteiger partial charge in [-0.15, -0.1) is 0 Å². The second kappa shape index (κ2) is 5.10. The van der Waals surface area contributed by atoms with E-state index >= 15 is 0 Å². The number of ether oxygens (including phenoxy) is 1. The molecule has 0 aromatic heterocycles. The predicted molar refractivity (Wildman–Crippen MR) is 59.2 cm³/mol.